The Labute approximate surface area is 112 Å². The second-order valence-electron chi connectivity index (χ2n) is 3.85. The maximum Gasteiger partial charge on any atom is 0.168 e. The van der Waals surface area contributed by atoms with Gasteiger partial charge >= 0.3 is 0 Å². The molecule has 0 radical (unpaired) electrons. The molecule has 0 saturated carbocycles. The van der Waals surface area contributed by atoms with Crippen molar-refractivity contribution in [1.82, 2.24) is 0 Å². The molecule has 0 unspecified atom stereocenters. The topological polar surface area (TPSA) is 17.1 Å². The third-order valence-corrected chi connectivity index (χ3v) is 3.17. The van der Waals surface area contributed by atoms with Crippen LogP contribution in [0, 0.1) is 11.6 Å². The summed E-state index contributed by atoms with van der Waals surface area (Å²) in [4.78, 5) is 12.0. The Hall–Kier alpha value is -1.55. The van der Waals surface area contributed by atoms with Gasteiger partial charge in [-0.15, -0.1) is 0 Å². The SMILES string of the molecule is O=C(Cc1cccc(F)c1)c1cc(F)ccc1Br. The van der Waals surface area contributed by atoms with Gasteiger partial charge in [-0.2, -0.15) is 0 Å². The first-order valence-corrected chi connectivity index (χ1v) is 6.08. The molecule has 0 aliphatic heterocycles. The first-order chi connectivity index (χ1) is 8.56. The summed E-state index contributed by atoms with van der Waals surface area (Å²) in [5.74, 6) is -1.12. The summed E-state index contributed by atoms with van der Waals surface area (Å²) in [6.07, 6.45) is 0.0415. The molecule has 1 nitrogen and oxygen atoms in total. The van der Waals surface area contributed by atoms with Gasteiger partial charge in [-0.05, 0) is 35.9 Å². The molecule has 0 N–H and O–H groups in total. The van der Waals surface area contributed by atoms with E-state index in [1.54, 1.807) is 12.1 Å². The lowest BCUT2D eigenvalue weighted by atomic mass is 10.0. The molecule has 0 bridgehead atoms. The second-order valence-corrected chi connectivity index (χ2v) is 4.71. The van der Waals surface area contributed by atoms with Crippen LogP contribution < -0.4 is 0 Å². The number of benzene rings is 2. The highest BCUT2D eigenvalue weighted by atomic mass is 79.9. The van der Waals surface area contributed by atoms with E-state index in [4.69, 9.17) is 0 Å². The van der Waals surface area contributed by atoms with E-state index in [0.717, 1.165) is 0 Å². The van der Waals surface area contributed by atoms with Crippen LogP contribution in [-0.4, -0.2) is 5.78 Å². The van der Waals surface area contributed by atoms with Crippen molar-refractivity contribution < 1.29 is 13.6 Å². The van der Waals surface area contributed by atoms with Gasteiger partial charge in [0.25, 0.3) is 0 Å². The van der Waals surface area contributed by atoms with E-state index >= 15 is 0 Å². The van der Waals surface area contributed by atoms with E-state index in [-0.39, 0.29) is 17.8 Å². The fourth-order valence-electron chi connectivity index (χ4n) is 1.64. The Morgan fingerprint density at radius 2 is 1.78 bits per heavy atom. The number of rotatable bonds is 3. The Balaban J connectivity index is 2.24. The third-order valence-electron chi connectivity index (χ3n) is 2.48. The van der Waals surface area contributed by atoms with Crippen molar-refractivity contribution in [3.05, 3.63) is 69.7 Å². The maximum absolute atomic E-state index is 13.1. The van der Waals surface area contributed by atoms with Crippen LogP contribution in [0.2, 0.25) is 0 Å². The maximum atomic E-state index is 13.1. The van der Waals surface area contributed by atoms with Crippen LogP contribution in [0.15, 0.2) is 46.9 Å². The van der Waals surface area contributed by atoms with Crippen molar-refractivity contribution >= 4 is 21.7 Å². The lowest BCUT2D eigenvalue weighted by molar-refractivity contribution is 0.0992. The first-order valence-electron chi connectivity index (χ1n) is 5.29. The van der Waals surface area contributed by atoms with Gasteiger partial charge < -0.3 is 0 Å². The van der Waals surface area contributed by atoms with Gasteiger partial charge in [-0.1, -0.05) is 28.1 Å². The Kier molecular flexibility index (Phi) is 3.87. The van der Waals surface area contributed by atoms with Crippen LogP contribution in [0.25, 0.3) is 0 Å². The summed E-state index contributed by atoms with van der Waals surface area (Å²) in [6.45, 7) is 0. The zero-order valence-corrected chi connectivity index (χ0v) is 10.9. The summed E-state index contributed by atoms with van der Waals surface area (Å²) < 4.78 is 26.6. The molecule has 0 aliphatic carbocycles. The minimum atomic E-state index is -0.471. The fraction of sp³-hybridized carbons (Fsp3) is 0.0714. The summed E-state index contributed by atoms with van der Waals surface area (Å²) in [6, 6.07) is 9.73. The molecule has 2 aromatic carbocycles. The van der Waals surface area contributed by atoms with Crippen LogP contribution in [0.1, 0.15) is 15.9 Å². The van der Waals surface area contributed by atoms with Crippen molar-refractivity contribution in [1.29, 1.82) is 0 Å². The van der Waals surface area contributed by atoms with Crippen molar-refractivity contribution in [2.75, 3.05) is 0 Å². The van der Waals surface area contributed by atoms with Gasteiger partial charge in [0.05, 0.1) is 0 Å². The molecule has 4 heteroatoms. The van der Waals surface area contributed by atoms with Crippen LogP contribution in [0.3, 0.4) is 0 Å². The van der Waals surface area contributed by atoms with Crippen molar-refractivity contribution in [2.45, 2.75) is 6.42 Å². The first kappa shape index (κ1) is 12.9. The minimum absolute atomic E-state index is 0.0415. The summed E-state index contributed by atoms with van der Waals surface area (Å²) >= 11 is 3.20. The predicted octanol–water partition coefficient (Wildman–Crippen LogP) is 4.15. The Morgan fingerprint density at radius 1 is 1.06 bits per heavy atom. The molecule has 2 rings (SSSR count). The van der Waals surface area contributed by atoms with E-state index in [1.165, 1.54) is 30.3 Å². The molecule has 0 aromatic heterocycles. The van der Waals surface area contributed by atoms with Gasteiger partial charge in [0, 0.05) is 16.5 Å². The van der Waals surface area contributed by atoms with Gasteiger partial charge in [-0.25, -0.2) is 8.78 Å². The summed E-state index contributed by atoms with van der Waals surface area (Å²) in [7, 11) is 0. The molecule has 2 aromatic rings. The molecule has 0 spiro atoms. The lowest BCUT2D eigenvalue weighted by Crippen LogP contribution is -2.05. The average Bonchev–Trinajstić information content (AvgIpc) is 2.32. The number of Topliss-reactive ketones (excluding diaryl/α,β-unsaturated/α-hetero) is 1. The zero-order valence-electron chi connectivity index (χ0n) is 9.29. The molecule has 0 aliphatic rings. The zero-order chi connectivity index (χ0) is 13.1. The third kappa shape index (κ3) is 3.01. The van der Waals surface area contributed by atoms with E-state index in [0.29, 0.717) is 10.0 Å². The second kappa shape index (κ2) is 5.40. The van der Waals surface area contributed by atoms with Crippen molar-refractivity contribution in [3.63, 3.8) is 0 Å². The number of hydrogen-bond donors (Lipinski definition) is 0. The molecule has 0 atom stereocenters. The predicted molar refractivity (Wildman–Crippen MR) is 68.5 cm³/mol. The van der Waals surface area contributed by atoms with Gasteiger partial charge in [-0.3, -0.25) is 4.79 Å². The number of ketones is 1. The molecular weight excluding hydrogens is 302 g/mol. The smallest absolute Gasteiger partial charge is 0.168 e. The fourth-order valence-corrected chi connectivity index (χ4v) is 2.11. The lowest BCUT2D eigenvalue weighted by Gasteiger charge is -2.04. The summed E-state index contributed by atoms with van der Waals surface area (Å²) in [5, 5.41) is 0. The molecule has 0 heterocycles. The highest BCUT2D eigenvalue weighted by Gasteiger charge is 2.12. The number of carbonyl (C=O) groups excluding carboxylic acids is 1. The molecule has 0 fully saturated rings. The van der Waals surface area contributed by atoms with E-state index < -0.39 is 11.6 Å². The Morgan fingerprint density at radius 3 is 2.50 bits per heavy atom. The van der Waals surface area contributed by atoms with Gasteiger partial charge in [0.2, 0.25) is 0 Å². The number of carbonyl (C=O) groups is 1. The van der Waals surface area contributed by atoms with Crippen LogP contribution in [0.4, 0.5) is 8.78 Å². The van der Waals surface area contributed by atoms with Crippen LogP contribution >= 0.6 is 15.9 Å². The molecular formula is C14H9BrF2O. The van der Waals surface area contributed by atoms with Gasteiger partial charge in [0.1, 0.15) is 11.6 Å². The van der Waals surface area contributed by atoms with E-state index in [2.05, 4.69) is 15.9 Å². The quantitative estimate of drug-likeness (QED) is 0.778. The molecule has 18 heavy (non-hydrogen) atoms. The van der Waals surface area contributed by atoms with E-state index in [1.807, 2.05) is 0 Å². The van der Waals surface area contributed by atoms with Crippen LogP contribution in [-0.2, 0) is 6.42 Å². The van der Waals surface area contributed by atoms with Gasteiger partial charge in [0.15, 0.2) is 5.78 Å². The van der Waals surface area contributed by atoms with Crippen molar-refractivity contribution in [3.8, 4) is 0 Å². The Bertz CT molecular complexity index is 596. The number of hydrogen-bond acceptors (Lipinski definition) is 1. The van der Waals surface area contributed by atoms with E-state index in [9.17, 15) is 13.6 Å². The molecule has 0 amide bonds. The number of halogens is 3. The van der Waals surface area contributed by atoms with Crippen LogP contribution in [0.5, 0.6) is 0 Å². The summed E-state index contributed by atoms with van der Waals surface area (Å²) in [5.41, 5.74) is 0.829. The largest absolute Gasteiger partial charge is 0.294 e. The monoisotopic (exact) mass is 310 g/mol. The highest BCUT2D eigenvalue weighted by Crippen LogP contribution is 2.20. The highest BCUT2D eigenvalue weighted by molar-refractivity contribution is 9.10. The standard InChI is InChI=1S/C14H9BrF2O/c15-13-5-4-11(17)8-12(13)14(18)7-9-2-1-3-10(16)6-9/h1-6,8H,7H2. The normalized spacial score (nSPS) is 10.4. The average molecular weight is 311 g/mol. The molecule has 0 saturated heterocycles. The van der Waals surface area contributed by atoms with Crippen molar-refractivity contribution in [2.24, 2.45) is 0 Å². The minimum Gasteiger partial charge on any atom is -0.294 e. The molecule has 92 valence electrons.